The molecule has 1 aromatic heterocycles. The van der Waals surface area contributed by atoms with Gasteiger partial charge in [-0.3, -0.25) is 4.79 Å². The first-order chi connectivity index (χ1) is 10.2. The third-order valence-electron chi connectivity index (χ3n) is 3.22. The summed E-state index contributed by atoms with van der Waals surface area (Å²) in [7, 11) is 0. The number of rotatable bonds is 9. The van der Waals surface area contributed by atoms with E-state index in [9.17, 15) is 9.90 Å². The Hall–Kier alpha value is -1.43. The zero-order valence-electron chi connectivity index (χ0n) is 12.2. The minimum absolute atomic E-state index is 0.349. The Labute approximate surface area is 129 Å². The Morgan fingerprint density at radius 3 is 3.00 bits per heavy atom. The minimum atomic E-state index is -0.507. The number of ether oxygens (including phenoxy) is 1. The van der Waals surface area contributed by atoms with Gasteiger partial charge in [0.15, 0.2) is 0 Å². The Balaban J connectivity index is 1.68. The minimum Gasteiger partial charge on any atom is -0.392 e. The summed E-state index contributed by atoms with van der Waals surface area (Å²) in [5.41, 5.74) is 1.26. The number of benzene rings is 1. The maximum absolute atomic E-state index is 10.8. The number of carbonyl (C=O) groups is 1. The number of amides is 1. The summed E-state index contributed by atoms with van der Waals surface area (Å²) in [6.07, 6.45) is 1.11. The lowest BCUT2D eigenvalue weighted by Gasteiger charge is -2.18. The van der Waals surface area contributed by atoms with Crippen LogP contribution in [0.25, 0.3) is 10.1 Å². The molecule has 1 atom stereocenters. The number of nitrogens with zero attached hydrogens (tertiary/aromatic N) is 1. The van der Waals surface area contributed by atoms with Crippen LogP contribution in [0.1, 0.15) is 12.5 Å². The van der Waals surface area contributed by atoms with Gasteiger partial charge in [0.2, 0.25) is 6.41 Å². The fourth-order valence-corrected chi connectivity index (χ4v) is 2.94. The van der Waals surface area contributed by atoms with Gasteiger partial charge in [0.1, 0.15) is 0 Å². The lowest BCUT2D eigenvalue weighted by molar-refractivity contribution is -0.120. The van der Waals surface area contributed by atoms with E-state index in [0.29, 0.717) is 26.3 Å². The summed E-state index contributed by atoms with van der Waals surface area (Å²) in [6.45, 7) is 3.65. The second-order valence-electron chi connectivity index (χ2n) is 5.10. The van der Waals surface area contributed by atoms with Gasteiger partial charge < -0.3 is 14.7 Å². The van der Waals surface area contributed by atoms with E-state index >= 15 is 0 Å². The van der Waals surface area contributed by atoms with Gasteiger partial charge in [0, 0.05) is 17.8 Å². The molecule has 114 valence electrons. The standard InChI is InChI=1S/C16H21NO3S/c1-13(19)11-17(12-18)6-8-20-7-4-14-2-3-16-15(10-14)5-9-21-16/h2-3,5,9-10,12-13,19H,4,6-8,11H2,1H3. The highest BCUT2D eigenvalue weighted by Crippen LogP contribution is 2.21. The molecule has 1 aromatic carbocycles. The van der Waals surface area contributed by atoms with Crippen LogP contribution >= 0.6 is 11.3 Å². The van der Waals surface area contributed by atoms with Gasteiger partial charge >= 0.3 is 0 Å². The first-order valence-electron chi connectivity index (χ1n) is 7.10. The fraction of sp³-hybridized carbons (Fsp3) is 0.438. The van der Waals surface area contributed by atoms with Gasteiger partial charge in [-0.15, -0.1) is 11.3 Å². The molecule has 1 heterocycles. The summed E-state index contributed by atoms with van der Waals surface area (Å²) in [4.78, 5) is 12.3. The molecule has 2 rings (SSSR count). The molecular formula is C16H21NO3S. The van der Waals surface area contributed by atoms with Crippen molar-refractivity contribution in [2.75, 3.05) is 26.3 Å². The number of thiophene rings is 1. The normalized spacial score (nSPS) is 12.5. The van der Waals surface area contributed by atoms with Crippen LogP contribution in [0.2, 0.25) is 0 Å². The number of aliphatic hydroxyl groups is 1. The van der Waals surface area contributed by atoms with Crippen molar-refractivity contribution in [1.29, 1.82) is 0 Å². The van der Waals surface area contributed by atoms with Crippen LogP contribution in [0.3, 0.4) is 0 Å². The average Bonchev–Trinajstić information content (AvgIpc) is 2.92. The molecule has 4 nitrogen and oxygen atoms in total. The van der Waals surface area contributed by atoms with E-state index in [-0.39, 0.29) is 0 Å². The van der Waals surface area contributed by atoms with Crippen LogP contribution in [0.15, 0.2) is 29.6 Å². The molecule has 1 unspecified atom stereocenters. The van der Waals surface area contributed by atoms with Gasteiger partial charge in [-0.2, -0.15) is 0 Å². The second kappa shape index (κ2) is 8.12. The molecule has 1 N–H and O–H groups in total. The topological polar surface area (TPSA) is 49.8 Å². The van der Waals surface area contributed by atoms with Crippen molar-refractivity contribution < 1.29 is 14.6 Å². The molecule has 0 saturated heterocycles. The Morgan fingerprint density at radius 2 is 2.24 bits per heavy atom. The highest BCUT2D eigenvalue weighted by atomic mass is 32.1. The number of fused-ring (bicyclic) bond motifs is 1. The van der Waals surface area contributed by atoms with Crippen LogP contribution < -0.4 is 0 Å². The lowest BCUT2D eigenvalue weighted by Crippen LogP contribution is -2.32. The Morgan fingerprint density at radius 1 is 1.38 bits per heavy atom. The van der Waals surface area contributed by atoms with E-state index in [2.05, 4.69) is 29.6 Å². The van der Waals surface area contributed by atoms with Crippen molar-refractivity contribution in [3.8, 4) is 0 Å². The van der Waals surface area contributed by atoms with Crippen molar-refractivity contribution in [1.82, 2.24) is 4.90 Å². The van der Waals surface area contributed by atoms with Gasteiger partial charge in [-0.05, 0) is 41.8 Å². The van der Waals surface area contributed by atoms with Gasteiger partial charge in [-0.1, -0.05) is 12.1 Å². The van der Waals surface area contributed by atoms with E-state index in [1.54, 1.807) is 18.3 Å². The van der Waals surface area contributed by atoms with Gasteiger partial charge in [0.25, 0.3) is 0 Å². The predicted molar refractivity (Wildman–Crippen MR) is 85.7 cm³/mol. The lowest BCUT2D eigenvalue weighted by atomic mass is 10.1. The zero-order valence-corrected chi connectivity index (χ0v) is 13.0. The fourth-order valence-electron chi connectivity index (χ4n) is 2.17. The molecule has 0 aliphatic carbocycles. The van der Waals surface area contributed by atoms with Crippen molar-refractivity contribution in [2.24, 2.45) is 0 Å². The molecular weight excluding hydrogens is 286 g/mol. The van der Waals surface area contributed by atoms with Crippen LogP contribution in [0.4, 0.5) is 0 Å². The van der Waals surface area contributed by atoms with E-state index in [1.807, 2.05) is 0 Å². The maximum atomic E-state index is 10.8. The SMILES string of the molecule is CC(O)CN(C=O)CCOCCc1ccc2sccc2c1. The molecule has 0 bridgehead atoms. The van der Waals surface area contributed by atoms with E-state index in [4.69, 9.17) is 4.74 Å². The van der Waals surface area contributed by atoms with Gasteiger partial charge in [0.05, 0.1) is 19.3 Å². The zero-order chi connectivity index (χ0) is 15.1. The van der Waals surface area contributed by atoms with Crippen molar-refractivity contribution in [3.63, 3.8) is 0 Å². The highest BCUT2D eigenvalue weighted by Gasteiger charge is 2.05. The third kappa shape index (κ3) is 5.12. The molecule has 0 radical (unpaired) electrons. The molecule has 0 saturated carbocycles. The second-order valence-corrected chi connectivity index (χ2v) is 6.05. The molecule has 1 amide bonds. The van der Waals surface area contributed by atoms with Crippen molar-refractivity contribution >= 4 is 27.8 Å². The Kier molecular flexibility index (Phi) is 6.17. The summed E-state index contributed by atoms with van der Waals surface area (Å²) >= 11 is 1.75. The molecule has 5 heteroatoms. The van der Waals surface area contributed by atoms with E-state index in [1.165, 1.54) is 20.5 Å². The smallest absolute Gasteiger partial charge is 0.209 e. The number of hydrogen-bond acceptors (Lipinski definition) is 4. The number of hydrogen-bond donors (Lipinski definition) is 1. The third-order valence-corrected chi connectivity index (χ3v) is 4.12. The Bertz CT molecular complexity index is 567. The molecule has 0 aliphatic heterocycles. The number of aliphatic hydroxyl groups excluding tert-OH is 1. The monoisotopic (exact) mass is 307 g/mol. The molecule has 2 aromatic rings. The quantitative estimate of drug-likeness (QED) is 0.571. The van der Waals surface area contributed by atoms with E-state index in [0.717, 1.165) is 12.8 Å². The average molecular weight is 307 g/mol. The van der Waals surface area contributed by atoms with Crippen LogP contribution in [0, 0.1) is 0 Å². The summed E-state index contributed by atoms with van der Waals surface area (Å²) in [5, 5.41) is 12.6. The number of carbonyl (C=O) groups excluding carboxylic acids is 1. The summed E-state index contributed by atoms with van der Waals surface area (Å²) in [6, 6.07) is 8.60. The van der Waals surface area contributed by atoms with Crippen LogP contribution in [0.5, 0.6) is 0 Å². The summed E-state index contributed by atoms with van der Waals surface area (Å²) in [5.74, 6) is 0. The summed E-state index contributed by atoms with van der Waals surface area (Å²) < 4.78 is 6.87. The van der Waals surface area contributed by atoms with Gasteiger partial charge in [-0.25, -0.2) is 0 Å². The predicted octanol–water partition coefficient (Wildman–Crippen LogP) is 2.30. The molecule has 0 fully saturated rings. The first-order valence-corrected chi connectivity index (χ1v) is 7.98. The maximum Gasteiger partial charge on any atom is 0.209 e. The first kappa shape index (κ1) is 15.9. The van der Waals surface area contributed by atoms with Crippen molar-refractivity contribution in [2.45, 2.75) is 19.4 Å². The molecule has 0 aliphatic rings. The molecule has 0 spiro atoms. The van der Waals surface area contributed by atoms with E-state index < -0.39 is 6.10 Å². The largest absolute Gasteiger partial charge is 0.392 e. The van der Waals surface area contributed by atoms with Crippen molar-refractivity contribution in [3.05, 3.63) is 35.2 Å². The van der Waals surface area contributed by atoms with Crippen LogP contribution in [-0.2, 0) is 16.0 Å². The highest BCUT2D eigenvalue weighted by molar-refractivity contribution is 7.17. The van der Waals surface area contributed by atoms with Crippen LogP contribution in [-0.4, -0.2) is 48.8 Å². The molecule has 21 heavy (non-hydrogen) atoms.